The average Bonchev–Trinajstić information content (AvgIpc) is 3.17. The number of nitrogens with one attached hydrogen (secondary N) is 1. The van der Waals surface area contributed by atoms with E-state index in [0.717, 1.165) is 32.4 Å². The summed E-state index contributed by atoms with van der Waals surface area (Å²) < 4.78 is 28.7. The number of nitrogens with zero attached hydrogens (tertiary/aromatic N) is 3. The molecule has 0 unspecified atom stereocenters. The Morgan fingerprint density at radius 3 is 2.77 bits per heavy atom. The van der Waals surface area contributed by atoms with Crippen molar-refractivity contribution < 1.29 is 8.42 Å². The fourth-order valence-electron chi connectivity index (χ4n) is 3.52. The minimum atomic E-state index is -3.07. The Balaban J connectivity index is 1.39. The Kier molecular flexibility index (Phi) is 3.74. The molecule has 22 heavy (non-hydrogen) atoms. The van der Waals surface area contributed by atoms with Gasteiger partial charge in [-0.1, -0.05) is 6.42 Å². The Morgan fingerprint density at radius 1 is 1.27 bits per heavy atom. The van der Waals surface area contributed by atoms with Gasteiger partial charge < -0.3 is 0 Å². The lowest BCUT2D eigenvalue weighted by Gasteiger charge is -2.42. The van der Waals surface area contributed by atoms with E-state index in [0.29, 0.717) is 12.6 Å². The van der Waals surface area contributed by atoms with Crippen molar-refractivity contribution >= 4 is 10.0 Å². The minimum absolute atomic E-state index is 0.134. The molecule has 0 bridgehead atoms. The van der Waals surface area contributed by atoms with Gasteiger partial charge in [0, 0.05) is 31.9 Å². The Labute approximate surface area is 131 Å². The van der Waals surface area contributed by atoms with E-state index < -0.39 is 10.0 Å². The Hall–Kier alpha value is -0.920. The largest absolute Gasteiger partial charge is 0.292 e. The van der Waals surface area contributed by atoms with E-state index in [1.54, 1.807) is 0 Å². The Bertz CT molecular complexity index is 634. The van der Waals surface area contributed by atoms with Crippen LogP contribution >= 0.6 is 0 Å². The summed E-state index contributed by atoms with van der Waals surface area (Å²) in [5.74, 6) is 0. The SMILES string of the molecule is O=S(=O)(NCC[C@@H]1CN(C2CCC2)Cc2ccnn21)C1CC1. The van der Waals surface area contributed by atoms with Gasteiger partial charge in [0.2, 0.25) is 10.0 Å². The second-order valence-corrected chi connectivity index (χ2v) is 8.91. The zero-order valence-electron chi connectivity index (χ0n) is 12.8. The number of aromatic nitrogens is 2. The molecule has 0 saturated heterocycles. The van der Waals surface area contributed by atoms with Crippen LogP contribution < -0.4 is 4.72 Å². The molecular weight excluding hydrogens is 300 g/mol. The zero-order valence-corrected chi connectivity index (χ0v) is 13.6. The first kappa shape index (κ1) is 14.7. The molecule has 1 atom stereocenters. The maximum Gasteiger partial charge on any atom is 0.214 e. The van der Waals surface area contributed by atoms with Gasteiger partial charge in [-0.2, -0.15) is 5.10 Å². The molecule has 2 saturated carbocycles. The van der Waals surface area contributed by atoms with Crippen LogP contribution in [-0.4, -0.2) is 47.5 Å². The molecule has 0 spiro atoms. The van der Waals surface area contributed by atoms with Crippen LogP contribution in [0.2, 0.25) is 0 Å². The molecule has 0 radical (unpaired) electrons. The van der Waals surface area contributed by atoms with E-state index in [2.05, 4.69) is 25.5 Å². The minimum Gasteiger partial charge on any atom is -0.292 e. The molecule has 1 aliphatic heterocycles. The van der Waals surface area contributed by atoms with Crippen molar-refractivity contribution in [2.24, 2.45) is 0 Å². The Morgan fingerprint density at radius 2 is 2.09 bits per heavy atom. The molecular formula is C15H24N4O2S. The van der Waals surface area contributed by atoms with Gasteiger partial charge in [-0.25, -0.2) is 13.1 Å². The van der Waals surface area contributed by atoms with E-state index in [9.17, 15) is 8.42 Å². The summed E-state index contributed by atoms with van der Waals surface area (Å²) in [6, 6.07) is 3.09. The lowest BCUT2D eigenvalue weighted by Crippen LogP contribution is -2.47. The zero-order chi connectivity index (χ0) is 15.2. The highest BCUT2D eigenvalue weighted by Crippen LogP contribution is 2.32. The van der Waals surface area contributed by atoms with Gasteiger partial charge >= 0.3 is 0 Å². The quantitative estimate of drug-likeness (QED) is 0.855. The first-order valence-electron chi connectivity index (χ1n) is 8.38. The summed E-state index contributed by atoms with van der Waals surface area (Å²) in [5, 5.41) is 4.32. The van der Waals surface area contributed by atoms with Crippen molar-refractivity contribution in [1.29, 1.82) is 0 Å². The number of sulfonamides is 1. The van der Waals surface area contributed by atoms with Gasteiger partial charge in [0.1, 0.15) is 0 Å². The monoisotopic (exact) mass is 324 g/mol. The van der Waals surface area contributed by atoms with Crippen LogP contribution in [0.25, 0.3) is 0 Å². The van der Waals surface area contributed by atoms with Gasteiger partial charge in [-0.05, 0) is 38.2 Å². The topological polar surface area (TPSA) is 67.2 Å². The summed E-state index contributed by atoms with van der Waals surface area (Å²) in [4.78, 5) is 2.56. The van der Waals surface area contributed by atoms with Crippen molar-refractivity contribution in [2.75, 3.05) is 13.1 Å². The number of rotatable bonds is 6. The molecule has 2 heterocycles. The molecule has 122 valence electrons. The van der Waals surface area contributed by atoms with Crippen molar-refractivity contribution in [2.45, 2.75) is 62.4 Å². The van der Waals surface area contributed by atoms with Gasteiger partial charge in [0.15, 0.2) is 0 Å². The van der Waals surface area contributed by atoms with Crippen molar-refractivity contribution in [3.8, 4) is 0 Å². The van der Waals surface area contributed by atoms with Crippen molar-refractivity contribution in [3.05, 3.63) is 18.0 Å². The summed E-state index contributed by atoms with van der Waals surface area (Å²) in [7, 11) is -3.07. The molecule has 1 aromatic heterocycles. The second-order valence-electron chi connectivity index (χ2n) is 6.86. The highest BCUT2D eigenvalue weighted by Gasteiger charge is 2.36. The molecule has 7 heteroatoms. The van der Waals surface area contributed by atoms with Crippen LogP contribution in [0.4, 0.5) is 0 Å². The molecule has 2 fully saturated rings. The predicted molar refractivity (Wildman–Crippen MR) is 83.9 cm³/mol. The summed E-state index contributed by atoms with van der Waals surface area (Å²) in [6.07, 6.45) is 8.25. The lowest BCUT2D eigenvalue weighted by atomic mass is 9.90. The van der Waals surface area contributed by atoms with Crippen molar-refractivity contribution in [1.82, 2.24) is 19.4 Å². The number of hydrogen-bond acceptors (Lipinski definition) is 4. The third-order valence-electron chi connectivity index (χ3n) is 5.24. The van der Waals surface area contributed by atoms with Crippen LogP contribution in [0.3, 0.4) is 0 Å². The normalized spacial score (nSPS) is 26.6. The molecule has 0 aromatic carbocycles. The van der Waals surface area contributed by atoms with Crippen molar-refractivity contribution in [3.63, 3.8) is 0 Å². The van der Waals surface area contributed by atoms with E-state index >= 15 is 0 Å². The molecule has 0 amide bonds. The van der Waals surface area contributed by atoms with E-state index in [4.69, 9.17) is 0 Å². The second kappa shape index (κ2) is 5.62. The first-order chi connectivity index (χ1) is 10.6. The lowest BCUT2D eigenvalue weighted by molar-refractivity contribution is 0.0733. The van der Waals surface area contributed by atoms with Crippen LogP contribution in [0.15, 0.2) is 12.3 Å². The maximum atomic E-state index is 11.9. The predicted octanol–water partition coefficient (Wildman–Crippen LogP) is 1.26. The molecule has 3 aliphatic rings. The van der Waals surface area contributed by atoms with Gasteiger partial charge in [0.05, 0.1) is 17.0 Å². The summed E-state index contributed by atoms with van der Waals surface area (Å²) >= 11 is 0. The number of hydrogen-bond donors (Lipinski definition) is 1. The van der Waals surface area contributed by atoms with Crippen LogP contribution in [0, 0.1) is 0 Å². The standard InChI is InChI=1S/C15H24N4O2S/c20-22(21,15-4-5-15)17-9-7-14-11-18(12-2-1-3-12)10-13-6-8-16-19(13)14/h6,8,12,14-15,17H,1-5,7,9-11H2/t14-/m1/s1. The van der Waals surface area contributed by atoms with E-state index in [1.165, 1.54) is 25.0 Å². The third kappa shape index (κ3) is 2.81. The van der Waals surface area contributed by atoms with E-state index in [-0.39, 0.29) is 11.3 Å². The fourth-order valence-corrected chi connectivity index (χ4v) is 4.92. The van der Waals surface area contributed by atoms with Gasteiger partial charge in [-0.15, -0.1) is 0 Å². The maximum absolute atomic E-state index is 11.9. The van der Waals surface area contributed by atoms with Gasteiger partial charge in [0.25, 0.3) is 0 Å². The van der Waals surface area contributed by atoms with E-state index in [1.807, 2.05) is 6.20 Å². The molecule has 6 nitrogen and oxygen atoms in total. The number of fused-ring (bicyclic) bond motifs is 1. The molecule has 1 N–H and O–H groups in total. The van der Waals surface area contributed by atoms with Crippen LogP contribution in [0.1, 0.15) is 50.3 Å². The fraction of sp³-hybridized carbons (Fsp3) is 0.800. The first-order valence-corrected chi connectivity index (χ1v) is 9.93. The molecule has 1 aromatic rings. The van der Waals surface area contributed by atoms with Crippen LogP contribution in [-0.2, 0) is 16.6 Å². The smallest absolute Gasteiger partial charge is 0.214 e. The molecule has 4 rings (SSSR count). The highest BCUT2D eigenvalue weighted by molar-refractivity contribution is 7.90. The molecule has 2 aliphatic carbocycles. The average molecular weight is 324 g/mol. The van der Waals surface area contributed by atoms with Crippen LogP contribution in [0.5, 0.6) is 0 Å². The van der Waals surface area contributed by atoms with Gasteiger partial charge in [-0.3, -0.25) is 9.58 Å². The summed E-state index contributed by atoms with van der Waals surface area (Å²) in [5.41, 5.74) is 1.26. The third-order valence-corrected chi connectivity index (χ3v) is 7.20. The highest BCUT2D eigenvalue weighted by atomic mass is 32.2. The summed E-state index contributed by atoms with van der Waals surface area (Å²) in [6.45, 7) is 2.49.